The Labute approximate surface area is 125 Å². The molecule has 1 heterocycles. The molecule has 0 saturated carbocycles. The van der Waals surface area contributed by atoms with Gasteiger partial charge in [-0.05, 0) is 36.6 Å². The first-order valence-corrected chi connectivity index (χ1v) is 7.76. The fourth-order valence-electron chi connectivity index (χ4n) is 3.13. The summed E-state index contributed by atoms with van der Waals surface area (Å²) >= 11 is 0. The number of piperidine rings is 1. The number of hydrogen-bond acceptors (Lipinski definition) is 2. The summed E-state index contributed by atoms with van der Waals surface area (Å²) in [5, 5.41) is 8.75. The Bertz CT molecular complexity index is 633. The van der Waals surface area contributed by atoms with E-state index in [0.29, 0.717) is 18.6 Å². The molecule has 0 aromatic heterocycles. The van der Waals surface area contributed by atoms with E-state index < -0.39 is 0 Å². The topological polar surface area (TPSA) is 41.1 Å². The first kappa shape index (κ1) is 14.1. The van der Waals surface area contributed by atoms with Crippen LogP contribution in [0.25, 0.3) is 10.8 Å². The molecule has 110 valence electrons. The molecule has 2 unspecified atom stereocenters. The number of rotatable bonds is 3. The quantitative estimate of drug-likeness (QED) is 0.908. The minimum absolute atomic E-state index is 0.0202. The van der Waals surface area contributed by atoms with Gasteiger partial charge in [0.25, 0.3) is 5.91 Å². The first-order chi connectivity index (χ1) is 10.2. The van der Waals surface area contributed by atoms with Gasteiger partial charge in [-0.1, -0.05) is 42.8 Å². The predicted molar refractivity (Wildman–Crippen MR) is 86.5 cm³/mol. The number of carbonyl (C=O) groups is 1. The number of nitrogens with one attached hydrogen (secondary N) is 2. The minimum Gasteiger partial charge on any atom is -0.350 e. The van der Waals surface area contributed by atoms with E-state index in [0.717, 1.165) is 22.8 Å². The lowest BCUT2D eigenvalue weighted by Crippen LogP contribution is -2.47. The van der Waals surface area contributed by atoms with Crippen LogP contribution in [0.5, 0.6) is 0 Å². The van der Waals surface area contributed by atoms with E-state index in [9.17, 15) is 4.79 Å². The maximum absolute atomic E-state index is 12.4. The molecule has 1 amide bonds. The van der Waals surface area contributed by atoms with Crippen molar-refractivity contribution in [3.05, 3.63) is 48.0 Å². The number of fused-ring (bicyclic) bond motifs is 1. The van der Waals surface area contributed by atoms with Gasteiger partial charge >= 0.3 is 0 Å². The SMILES string of the molecule is CC1CCCC(CNC(=O)c2cccc3ccccc23)N1. The average molecular weight is 282 g/mol. The second-order valence-electron chi connectivity index (χ2n) is 5.93. The Balaban J connectivity index is 1.69. The molecular formula is C18H22N2O. The van der Waals surface area contributed by atoms with E-state index >= 15 is 0 Å². The number of amides is 1. The monoisotopic (exact) mass is 282 g/mol. The smallest absolute Gasteiger partial charge is 0.251 e. The molecular weight excluding hydrogens is 260 g/mol. The van der Waals surface area contributed by atoms with Crippen LogP contribution >= 0.6 is 0 Å². The lowest BCUT2D eigenvalue weighted by molar-refractivity contribution is 0.0948. The van der Waals surface area contributed by atoms with Crippen molar-refractivity contribution in [2.24, 2.45) is 0 Å². The summed E-state index contributed by atoms with van der Waals surface area (Å²) < 4.78 is 0. The highest BCUT2D eigenvalue weighted by atomic mass is 16.1. The Morgan fingerprint density at radius 2 is 2.00 bits per heavy atom. The highest BCUT2D eigenvalue weighted by molar-refractivity contribution is 6.06. The van der Waals surface area contributed by atoms with Crippen LogP contribution in [0, 0.1) is 0 Å². The molecule has 1 saturated heterocycles. The zero-order valence-electron chi connectivity index (χ0n) is 12.4. The van der Waals surface area contributed by atoms with Gasteiger partial charge in [0.05, 0.1) is 0 Å². The van der Waals surface area contributed by atoms with Crippen molar-refractivity contribution >= 4 is 16.7 Å². The summed E-state index contributed by atoms with van der Waals surface area (Å²) in [7, 11) is 0. The van der Waals surface area contributed by atoms with Crippen LogP contribution < -0.4 is 10.6 Å². The van der Waals surface area contributed by atoms with E-state index in [1.807, 2.05) is 42.5 Å². The largest absolute Gasteiger partial charge is 0.350 e. The zero-order chi connectivity index (χ0) is 14.7. The van der Waals surface area contributed by atoms with E-state index in [4.69, 9.17) is 0 Å². The van der Waals surface area contributed by atoms with Crippen LogP contribution in [0.3, 0.4) is 0 Å². The van der Waals surface area contributed by atoms with Crippen LogP contribution in [-0.4, -0.2) is 24.5 Å². The molecule has 0 spiro atoms. The molecule has 2 atom stereocenters. The number of hydrogen-bond donors (Lipinski definition) is 2. The molecule has 0 bridgehead atoms. The second-order valence-corrected chi connectivity index (χ2v) is 5.93. The van der Waals surface area contributed by atoms with Gasteiger partial charge in [0.2, 0.25) is 0 Å². The maximum Gasteiger partial charge on any atom is 0.251 e. The van der Waals surface area contributed by atoms with E-state index in [1.54, 1.807) is 0 Å². The molecule has 3 rings (SSSR count). The number of benzene rings is 2. The molecule has 3 nitrogen and oxygen atoms in total. The Kier molecular flexibility index (Phi) is 4.20. The fourth-order valence-corrected chi connectivity index (χ4v) is 3.13. The van der Waals surface area contributed by atoms with Gasteiger partial charge in [-0.2, -0.15) is 0 Å². The van der Waals surface area contributed by atoms with Crippen molar-refractivity contribution in [1.82, 2.24) is 10.6 Å². The fraction of sp³-hybridized carbons (Fsp3) is 0.389. The lowest BCUT2D eigenvalue weighted by atomic mass is 9.99. The second kappa shape index (κ2) is 6.27. The van der Waals surface area contributed by atoms with Crippen LogP contribution in [0.1, 0.15) is 36.5 Å². The Morgan fingerprint density at radius 3 is 2.86 bits per heavy atom. The molecule has 3 heteroatoms. The standard InChI is InChI=1S/C18H22N2O/c1-13-6-4-9-15(20-13)12-19-18(21)17-11-5-8-14-7-2-3-10-16(14)17/h2-3,5,7-8,10-11,13,15,20H,4,6,9,12H2,1H3,(H,19,21). The van der Waals surface area contributed by atoms with Crippen LogP contribution in [0.4, 0.5) is 0 Å². The zero-order valence-corrected chi connectivity index (χ0v) is 12.4. The van der Waals surface area contributed by atoms with Gasteiger partial charge in [0, 0.05) is 24.2 Å². The van der Waals surface area contributed by atoms with Crippen molar-refractivity contribution in [2.75, 3.05) is 6.54 Å². The molecule has 1 aliphatic heterocycles. The third-order valence-electron chi connectivity index (χ3n) is 4.25. The molecule has 2 aromatic carbocycles. The van der Waals surface area contributed by atoms with E-state index in [-0.39, 0.29) is 5.91 Å². The van der Waals surface area contributed by atoms with Crippen LogP contribution in [0.2, 0.25) is 0 Å². The van der Waals surface area contributed by atoms with E-state index in [2.05, 4.69) is 17.6 Å². The first-order valence-electron chi connectivity index (χ1n) is 7.76. The highest BCUT2D eigenvalue weighted by Gasteiger charge is 2.18. The summed E-state index contributed by atoms with van der Waals surface area (Å²) in [6, 6.07) is 14.8. The lowest BCUT2D eigenvalue weighted by Gasteiger charge is -2.28. The molecule has 21 heavy (non-hydrogen) atoms. The van der Waals surface area contributed by atoms with Crippen LogP contribution in [0.15, 0.2) is 42.5 Å². The Morgan fingerprint density at radius 1 is 1.19 bits per heavy atom. The van der Waals surface area contributed by atoms with Crippen molar-refractivity contribution in [3.63, 3.8) is 0 Å². The highest BCUT2D eigenvalue weighted by Crippen LogP contribution is 2.18. The van der Waals surface area contributed by atoms with Crippen molar-refractivity contribution in [3.8, 4) is 0 Å². The van der Waals surface area contributed by atoms with Gasteiger partial charge in [0.15, 0.2) is 0 Å². The molecule has 2 N–H and O–H groups in total. The molecule has 1 fully saturated rings. The summed E-state index contributed by atoms with van der Waals surface area (Å²) in [6.07, 6.45) is 3.61. The third kappa shape index (κ3) is 3.24. The summed E-state index contributed by atoms with van der Waals surface area (Å²) in [5.41, 5.74) is 0.761. The van der Waals surface area contributed by atoms with Gasteiger partial charge in [-0.25, -0.2) is 0 Å². The van der Waals surface area contributed by atoms with Crippen molar-refractivity contribution in [2.45, 2.75) is 38.3 Å². The van der Waals surface area contributed by atoms with Gasteiger partial charge in [-0.3, -0.25) is 4.79 Å². The van der Waals surface area contributed by atoms with E-state index in [1.165, 1.54) is 12.8 Å². The minimum atomic E-state index is 0.0202. The van der Waals surface area contributed by atoms with Crippen LogP contribution in [-0.2, 0) is 0 Å². The molecule has 0 aliphatic carbocycles. The third-order valence-corrected chi connectivity index (χ3v) is 4.25. The van der Waals surface area contributed by atoms with Gasteiger partial charge < -0.3 is 10.6 Å². The number of carbonyl (C=O) groups excluding carboxylic acids is 1. The Hall–Kier alpha value is -1.87. The molecule has 0 radical (unpaired) electrons. The normalized spacial score (nSPS) is 22.1. The van der Waals surface area contributed by atoms with Crippen molar-refractivity contribution in [1.29, 1.82) is 0 Å². The van der Waals surface area contributed by atoms with Crippen molar-refractivity contribution < 1.29 is 4.79 Å². The molecule has 1 aliphatic rings. The predicted octanol–water partition coefficient (Wildman–Crippen LogP) is 3.10. The summed E-state index contributed by atoms with van der Waals surface area (Å²) in [6.45, 7) is 2.91. The summed E-state index contributed by atoms with van der Waals surface area (Å²) in [5.74, 6) is 0.0202. The summed E-state index contributed by atoms with van der Waals surface area (Å²) in [4.78, 5) is 12.4. The van der Waals surface area contributed by atoms with Gasteiger partial charge in [-0.15, -0.1) is 0 Å². The maximum atomic E-state index is 12.4. The molecule has 2 aromatic rings. The van der Waals surface area contributed by atoms with Gasteiger partial charge in [0.1, 0.15) is 0 Å². The average Bonchev–Trinajstić information content (AvgIpc) is 2.52.